The summed E-state index contributed by atoms with van der Waals surface area (Å²) in [6, 6.07) is 7.79. The number of esters is 2. The number of hydrogen-bond acceptors (Lipinski definition) is 8. The Labute approximate surface area is 445 Å². The second kappa shape index (κ2) is 15.4. The minimum absolute atomic E-state index is 0.0584. The van der Waals surface area contributed by atoms with E-state index >= 15 is 9.59 Å². The Hall–Kier alpha value is -3.62. The van der Waals surface area contributed by atoms with E-state index in [1.165, 1.54) is 128 Å². The Balaban J connectivity index is 0.932. The molecule has 17 aliphatic rings. The lowest BCUT2D eigenvalue weighted by Gasteiger charge is -2.73. The van der Waals surface area contributed by atoms with Crippen LogP contribution < -0.4 is 5.73 Å². The van der Waals surface area contributed by atoms with Crippen molar-refractivity contribution in [3.8, 4) is 0 Å². The van der Waals surface area contributed by atoms with Crippen LogP contribution in [-0.2, 0) is 26.3 Å². The van der Waals surface area contributed by atoms with Gasteiger partial charge in [0.25, 0.3) is 0 Å². The highest BCUT2D eigenvalue weighted by molar-refractivity contribution is 6.00. The van der Waals surface area contributed by atoms with Gasteiger partial charge in [-0.2, -0.15) is 0 Å². The number of piperidine rings is 3. The highest BCUT2D eigenvalue weighted by Crippen LogP contribution is 2.89. The molecule has 8 heteroatoms. The number of rotatable bonds is 5. The standard InChI is InChI=1S/C67H83N3O5/c68-29-9-14-38-12-8-16-49-54(38)61(72)75-67(49)52-32-39(37-10-1-2-11-37)17-19-46-45-15-7-13-40-30-41-18-21-50-42-31-43-36-70(50)58(41)55(53(40)45)47-23-28-65(67)60(74-62(73)66(52,65)56(46)47)59(71)48-20-22-51(43)69(35-42)57(48)44-33-63(24-3-4-25-63)64(34-44)26-5-6-27-64/h7-8,12,15-17,19,37,39-40,42-46,48,50-53,55,57,71H,1-6,9-11,13-14,18,20-36,68H2. The van der Waals surface area contributed by atoms with Gasteiger partial charge in [0.15, 0.2) is 11.4 Å². The van der Waals surface area contributed by atoms with Crippen LogP contribution in [0.2, 0.25) is 0 Å². The number of ether oxygens (including phenoxy) is 2. The summed E-state index contributed by atoms with van der Waals surface area (Å²) in [6.07, 6.45) is 41.1. The number of carbonyl (C=O) groups excluding carboxylic acids is 2. The molecule has 16 unspecified atom stereocenters. The molecule has 9 fully saturated rings. The molecule has 5 saturated carbocycles. The third-order valence-electron chi connectivity index (χ3n) is 27.6. The molecule has 3 N–H and O–H groups in total. The van der Waals surface area contributed by atoms with Gasteiger partial charge in [0.05, 0.1) is 11.0 Å². The number of nitrogens with zero attached hydrogens (tertiary/aromatic N) is 2. The average molecular weight is 1010 g/mol. The summed E-state index contributed by atoms with van der Waals surface area (Å²) in [7, 11) is 0. The molecular formula is C67H83N3O5. The van der Waals surface area contributed by atoms with Crippen molar-refractivity contribution in [1.82, 2.24) is 9.80 Å². The fourth-order valence-corrected chi connectivity index (χ4v) is 25.6. The predicted molar refractivity (Wildman–Crippen MR) is 286 cm³/mol. The molecule has 0 aromatic heterocycles. The first kappa shape index (κ1) is 45.3. The highest BCUT2D eigenvalue weighted by Gasteiger charge is 2.94. The molecule has 7 aliphatic heterocycles. The Morgan fingerprint density at radius 1 is 0.787 bits per heavy atom. The average Bonchev–Trinajstić information content (AvgIpc) is 4.34. The Morgan fingerprint density at radius 3 is 2.39 bits per heavy atom. The van der Waals surface area contributed by atoms with Crippen molar-refractivity contribution in [2.45, 2.75) is 191 Å². The number of carbonyl (C=O) groups is 2. The molecule has 0 radical (unpaired) electrons. The van der Waals surface area contributed by atoms with E-state index in [0.717, 1.165) is 56.2 Å². The maximum Gasteiger partial charge on any atom is 0.339 e. The van der Waals surface area contributed by atoms with E-state index in [2.05, 4.69) is 52.3 Å². The zero-order chi connectivity index (χ0) is 49.5. The van der Waals surface area contributed by atoms with Gasteiger partial charge in [0, 0.05) is 66.1 Å². The summed E-state index contributed by atoms with van der Waals surface area (Å²) in [5, 5.41) is 14.4. The molecule has 7 heterocycles. The van der Waals surface area contributed by atoms with Gasteiger partial charge >= 0.3 is 11.9 Å². The molecule has 1 aromatic carbocycles. The molecule has 75 heavy (non-hydrogen) atoms. The van der Waals surface area contributed by atoms with E-state index in [0.29, 0.717) is 94.9 Å². The van der Waals surface area contributed by atoms with E-state index in [4.69, 9.17) is 15.2 Å². The highest BCUT2D eigenvalue weighted by atomic mass is 16.6. The number of fused-ring (bicyclic) bond motifs is 10. The maximum absolute atomic E-state index is 16.9. The van der Waals surface area contributed by atoms with Crippen molar-refractivity contribution in [3.63, 3.8) is 0 Å². The molecule has 4 saturated heterocycles. The lowest BCUT2D eigenvalue weighted by molar-refractivity contribution is -0.283. The monoisotopic (exact) mass is 1010 g/mol. The molecule has 10 aliphatic carbocycles. The van der Waals surface area contributed by atoms with Crippen LogP contribution in [0.1, 0.15) is 182 Å². The number of nitrogens with two attached hydrogens (primary N) is 1. The molecule has 5 spiro atoms. The van der Waals surface area contributed by atoms with Crippen LogP contribution in [-0.4, -0.2) is 64.6 Å². The van der Waals surface area contributed by atoms with Crippen LogP contribution in [0.5, 0.6) is 0 Å². The maximum atomic E-state index is 16.9. The Kier molecular flexibility index (Phi) is 9.29. The summed E-state index contributed by atoms with van der Waals surface area (Å²) >= 11 is 0. The van der Waals surface area contributed by atoms with Gasteiger partial charge in [-0.3, -0.25) is 9.69 Å². The molecule has 0 amide bonds. The summed E-state index contributed by atoms with van der Waals surface area (Å²) in [5.41, 5.74) is 12.9. The van der Waals surface area contributed by atoms with Crippen LogP contribution in [0.4, 0.5) is 0 Å². The summed E-state index contributed by atoms with van der Waals surface area (Å²) in [4.78, 5) is 38.6. The van der Waals surface area contributed by atoms with Crippen molar-refractivity contribution >= 4 is 11.9 Å². The van der Waals surface area contributed by atoms with Gasteiger partial charge in [-0.05, 0) is 204 Å². The Bertz CT molecular complexity index is 2850. The third-order valence-corrected chi connectivity index (χ3v) is 27.6. The molecule has 16 atom stereocenters. The summed E-state index contributed by atoms with van der Waals surface area (Å²) < 4.78 is 15.0. The number of aliphatic hydroxyl groups is 1. The van der Waals surface area contributed by atoms with E-state index in [9.17, 15) is 5.11 Å². The number of hydrogen-bond donors (Lipinski definition) is 2. The minimum atomic E-state index is -1.15. The summed E-state index contributed by atoms with van der Waals surface area (Å²) in [5.74, 6) is 4.37. The lowest BCUT2D eigenvalue weighted by Crippen LogP contribution is -2.78. The second-order valence-corrected chi connectivity index (χ2v) is 29.4. The van der Waals surface area contributed by atoms with Crippen molar-refractivity contribution in [2.24, 2.45) is 98.4 Å². The largest absolute Gasteiger partial charge is 0.508 e. The topological polar surface area (TPSA) is 105 Å². The number of aryl methyl sites for hydroxylation is 1. The number of allylic oxidation sites excluding steroid dienone is 6. The van der Waals surface area contributed by atoms with Gasteiger partial charge in [0.2, 0.25) is 0 Å². The second-order valence-electron chi connectivity index (χ2n) is 29.4. The van der Waals surface area contributed by atoms with E-state index in [1.807, 2.05) is 0 Å². The first-order chi connectivity index (χ1) is 36.8. The van der Waals surface area contributed by atoms with E-state index < -0.39 is 16.4 Å². The zero-order valence-corrected chi connectivity index (χ0v) is 44.8. The number of benzene rings is 1. The quantitative estimate of drug-likeness (QED) is 0.222. The molecule has 396 valence electrons. The molecule has 18 rings (SSSR count). The zero-order valence-electron chi connectivity index (χ0n) is 44.8. The van der Waals surface area contributed by atoms with Crippen molar-refractivity contribution in [2.75, 3.05) is 19.6 Å². The third kappa shape index (κ3) is 5.17. The normalized spacial score (nSPS) is 46.7. The fourth-order valence-electron chi connectivity index (χ4n) is 25.6. The van der Waals surface area contributed by atoms with Crippen molar-refractivity contribution in [1.29, 1.82) is 0 Å². The SMILES string of the molecule is NCCCc1cccc2c1C(=O)OC21C2CC(C3CCCC3)C=CC3C4=C5CCC16C(=C(O)C1CCC7C8CC(CN7C1C1CC7(CCCC7)C7(CCCC7)C1)C1CCC7=C(C5C5C(CC=CC35)C7)N1C8)OC(=O)C426. The van der Waals surface area contributed by atoms with E-state index in [1.54, 1.807) is 16.8 Å². The van der Waals surface area contributed by atoms with Gasteiger partial charge in [-0.25, -0.2) is 4.79 Å². The molecule has 8 nitrogen and oxygen atoms in total. The van der Waals surface area contributed by atoms with Crippen LogP contribution >= 0.6 is 0 Å². The first-order valence-corrected chi connectivity index (χ1v) is 31.8. The van der Waals surface area contributed by atoms with Crippen LogP contribution in [0, 0.1) is 92.7 Å². The number of aliphatic hydroxyl groups excluding tert-OH is 1. The van der Waals surface area contributed by atoms with Gasteiger partial charge in [0.1, 0.15) is 11.2 Å². The first-order valence-electron chi connectivity index (χ1n) is 31.8. The van der Waals surface area contributed by atoms with Crippen LogP contribution in [0.25, 0.3) is 0 Å². The van der Waals surface area contributed by atoms with E-state index in [-0.39, 0.29) is 53.5 Å². The fraction of sp³-hybridized carbons (Fsp3) is 0.731. The Morgan fingerprint density at radius 2 is 1.59 bits per heavy atom. The van der Waals surface area contributed by atoms with Gasteiger partial charge in [-0.1, -0.05) is 92.2 Å². The smallest absolute Gasteiger partial charge is 0.339 e. The van der Waals surface area contributed by atoms with Gasteiger partial charge < -0.3 is 25.2 Å². The van der Waals surface area contributed by atoms with Crippen molar-refractivity contribution in [3.05, 3.63) is 93.1 Å². The van der Waals surface area contributed by atoms with Crippen LogP contribution in [0.15, 0.2) is 76.4 Å². The van der Waals surface area contributed by atoms with Crippen molar-refractivity contribution < 1.29 is 24.2 Å². The molecular weight excluding hydrogens is 927 g/mol. The molecule has 7 bridgehead atoms. The minimum Gasteiger partial charge on any atom is -0.508 e. The summed E-state index contributed by atoms with van der Waals surface area (Å²) in [6.45, 7) is 2.86. The van der Waals surface area contributed by atoms with Gasteiger partial charge in [-0.15, -0.1) is 0 Å². The molecule has 1 aromatic rings. The predicted octanol–water partition coefficient (Wildman–Crippen LogP) is 12.5. The van der Waals surface area contributed by atoms with Crippen LogP contribution in [0.3, 0.4) is 0 Å². The lowest BCUT2D eigenvalue weighted by atomic mass is 9.27.